The van der Waals surface area contributed by atoms with Crippen LogP contribution in [0.3, 0.4) is 0 Å². The van der Waals surface area contributed by atoms with Crippen molar-refractivity contribution in [3.05, 3.63) is 51.5 Å². The third-order valence-electron chi connectivity index (χ3n) is 1.80. The van der Waals surface area contributed by atoms with Gasteiger partial charge in [0.15, 0.2) is 0 Å². The number of hydrogen-bond donors (Lipinski definition) is 0. The minimum absolute atomic E-state index is 0.938. The Hall–Kier alpha value is -0.670. The second-order valence-corrected chi connectivity index (χ2v) is 4.47. The first-order valence-corrected chi connectivity index (χ1v) is 5.64. The van der Waals surface area contributed by atoms with E-state index in [0.717, 1.165) is 20.2 Å². The molecule has 3 heteroatoms. The number of halogens is 2. The van der Waals surface area contributed by atoms with E-state index in [4.69, 9.17) is 0 Å². The summed E-state index contributed by atoms with van der Waals surface area (Å²) in [6.07, 6.45) is 1.78. The Kier molecular flexibility index (Phi) is 2.99. The molecule has 69 valence electrons. The Labute approximate surface area is 99.4 Å². The molecule has 1 nitrogen and oxygen atoms in total. The van der Waals surface area contributed by atoms with E-state index in [2.05, 4.69) is 42.9 Å². The van der Waals surface area contributed by atoms with Crippen LogP contribution in [0.4, 0.5) is 0 Å². The fraction of sp³-hybridized carbons (Fsp3) is 0. The quantitative estimate of drug-likeness (QED) is 0.773. The van der Waals surface area contributed by atoms with Crippen molar-refractivity contribution in [2.24, 2.45) is 0 Å². The lowest BCUT2D eigenvalue weighted by molar-refractivity contribution is 1.31. The van der Waals surface area contributed by atoms with E-state index in [0.29, 0.717) is 0 Å². The van der Waals surface area contributed by atoms with Gasteiger partial charge in [-0.25, -0.2) is 0 Å². The molecule has 0 aliphatic carbocycles. The highest BCUT2D eigenvalue weighted by Gasteiger charge is 2.03. The van der Waals surface area contributed by atoms with Crippen LogP contribution >= 0.6 is 31.9 Å². The lowest BCUT2D eigenvalue weighted by Gasteiger charge is -2.02. The summed E-state index contributed by atoms with van der Waals surface area (Å²) in [4.78, 5) is 4.31. The summed E-state index contributed by atoms with van der Waals surface area (Å²) in [5.74, 6) is 0. The second-order valence-electron chi connectivity index (χ2n) is 2.76. The van der Waals surface area contributed by atoms with Crippen molar-refractivity contribution < 1.29 is 0 Å². The molecule has 0 unspecified atom stereocenters. The molecule has 0 aliphatic rings. The van der Waals surface area contributed by atoms with Crippen molar-refractivity contribution in [2.45, 2.75) is 0 Å². The molecule has 0 spiro atoms. The van der Waals surface area contributed by atoms with Crippen LogP contribution in [0.15, 0.2) is 45.5 Å². The van der Waals surface area contributed by atoms with Crippen LogP contribution in [0.1, 0.15) is 0 Å². The maximum atomic E-state index is 4.31. The first-order chi connectivity index (χ1) is 6.77. The van der Waals surface area contributed by atoms with Gasteiger partial charge in [0.05, 0.1) is 5.69 Å². The third-order valence-corrected chi connectivity index (χ3v) is 2.90. The summed E-state index contributed by atoms with van der Waals surface area (Å²) in [7, 11) is 0. The van der Waals surface area contributed by atoms with E-state index in [1.165, 1.54) is 0 Å². The second kappa shape index (κ2) is 4.24. The van der Waals surface area contributed by atoms with Gasteiger partial charge in [-0.05, 0) is 40.2 Å². The van der Waals surface area contributed by atoms with Crippen molar-refractivity contribution in [1.29, 1.82) is 0 Å². The van der Waals surface area contributed by atoms with Crippen LogP contribution in [-0.4, -0.2) is 4.98 Å². The van der Waals surface area contributed by atoms with Crippen LogP contribution in [0.2, 0.25) is 0 Å². The lowest BCUT2D eigenvalue weighted by Crippen LogP contribution is -1.83. The zero-order chi connectivity index (χ0) is 9.97. The summed E-state index contributed by atoms with van der Waals surface area (Å²) in [6, 6.07) is 12.8. The van der Waals surface area contributed by atoms with Gasteiger partial charge in [-0.3, -0.25) is 4.98 Å². The molecule has 14 heavy (non-hydrogen) atoms. The first kappa shape index (κ1) is 9.87. The van der Waals surface area contributed by atoms with Crippen LogP contribution in [0, 0.1) is 6.07 Å². The van der Waals surface area contributed by atoms with Gasteiger partial charge in [-0.1, -0.05) is 28.1 Å². The fourth-order valence-corrected chi connectivity index (χ4v) is 2.05. The fourth-order valence-electron chi connectivity index (χ4n) is 1.18. The van der Waals surface area contributed by atoms with Crippen molar-refractivity contribution in [1.82, 2.24) is 4.98 Å². The smallest absolute Gasteiger partial charge is 0.0844 e. The molecule has 0 amide bonds. The van der Waals surface area contributed by atoms with E-state index in [-0.39, 0.29) is 0 Å². The molecular weight excluding hydrogens is 306 g/mol. The molecule has 0 atom stereocenters. The van der Waals surface area contributed by atoms with Crippen molar-refractivity contribution >= 4 is 31.9 Å². The highest BCUT2D eigenvalue weighted by molar-refractivity contribution is 9.10. The Morgan fingerprint density at radius 3 is 2.79 bits per heavy atom. The number of nitrogens with zero attached hydrogens (tertiary/aromatic N) is 1. The zero-order valence-electron chi connectivity index (χ0n) is 7.17. The van der Waals surface area contributed by atoms with Gasteiger partial charge in [0.1, 0.15) is 0 Å². The molecule has 2 rings (SSSR count). The molecule has 1 heterocycles. The molecular formula is C11H6Br2N. The summed E-state index contributed by atoms with van der Waals surface area (Å²) < 4.78 is 1.94. The predicted molar refractivity (Wildman–Crippen MR) is 63.9 cm³/mol. The largest absolute Gasteiger partial charge is 0.255 e. The minimum Gasteiger partial charge on any atom is -0.255 e. The summed E-state index contributed by atoms with van der Waals surface area (Å²) in [5, 5.41) is 0. The van der Waals surface area contributed by atoms with Gasteiger partial charge >= 0.3 is 0 Å². The van der Waals surface area contributed by atoms with Crippen molar-refractivity contribution in [2.75, 3.05) is 0 Å². The Morgan fingerprint density at radius 2 is 2.07 bits per heavy atom. The van der Waals surface area contributed by atoms with Crippen LogP contribution < -0.4 is 0 Å². The van der Waals surface area contributed by atoms with Crippen LogP contribution in [0.25, 0.3) is 11.3 Å². The predicted octanol–water partition coefficient (Wildman–Crippen LogP) is 4.07. The summed E-state index contributed by atoms with van der Waals surface area (Å²) in [5.41, 5.74) is 2.02. The Balaban J connectivity index is 2.55. The van der Waals surface area contributed by atoms with Gasteiger partial charge < -0.3 is 0 Å². The monoisotopic (exact) mass is 310 g/mol. The summed E-state index contributed by atoms with van der Waals surface area (Å²) in [6.45, 7) is 0. The average molecular weight is 312 g/mol. The molecule has 1 aromatic heterocycles. The molecule has 2 aromatic rings. The van der Waals surface area contributed by atoms with E-state index in [1.807, 2.05) is 30.3 Å². The first-order valence-electron chi connectivity index (χ1n) is 4.05. The van der Waals surface area contributed by atoms with Gasteiger partial charge in [-0.2, -0.15) is 0 Å². The normalized spacial score (nSPS) is 10.1. The van der Waals surface area contributed by atoms with Gasteiger partial charge in [0.25, 0.3) is 0 Å². The lowest BCUT2D eigenvalue weighted by atomic mass is 10.1. The molecule has 1 radical (unpaired) electrons. The molecule has 0 aliphatic heterocycles. The standard InChI is InChI=1S/C11H6Br2N/c12-9-4-1-3-8(7-9)11-10(13)5-2-6-14-11/h1-3,5-7H. The van der Waals surface area contributed by atoms with E-state index < -0.39 is 0 Å². The van der Waals surface area contributed by atoms with E-state index >= 15 is 0 Å². The molecule has 1 aromatic carbocycles. The third kappa shape index (κ3) is 2.04. The maximum absolute atomic E-state index is 4.31. The Morgan fingerprint density at radius 1 is 1.21 bits per heavy atom. The average Bonchev–Trinajstić information content (AvgIpc) is 2.18. The van der Waals surface area contributed by atoms with E-state index in [1.54, 1.807) is 6.20 Å². The molecule has 0 N–H and O–H groups in total. The van der Waals surface area contributed by atoms with Gasteiger partial charge in [0.2, 0.25) is 0 Å². The molecule has 0 bridgehead atoms. The van der Waals surface area contributed by atoms with Crippen LogP contribution in [0.5, 0.6) is 0 Å². The minimum atomic E-state index is 0.938. The highest BCUT2D eigenvalue weighted by Crippen LogP contribution is 2.27. The SMILES string of the molecule is Brc1[c]ccc(-c2ncccc2Br)c1. The molecule has 0 saturated carbocycles. The molecule has 0 fully saturated rings. The number of aromatic nitrogens is 1. The van der Waals surface area contributed by atoms with Gasteiger partial charge in [0, 0.05) is 20.7 Å². The topological polar surface area (TPSA) is 12.9 Å². The van der Waals surface area contributed by atoms with Crippen molar-refractivity contribution in [3.63, 3.8) is 0 Å². The van der Waals surface area contributed by atoms with Crippen molar-refractivity contribution in [3.8, 4) is 11.3 Å². The number of hydrogen-bond acceptors (Lipinski definition) is 1. The maximum Gasteiger partial charge on any atom is 0.0844 e. The molecule has 0 saturated heterocycles. The number of rotatable bonds is 1. The van der Waals surface area contributed by atoms with E-state index in [9.17, 15) is 0 Å². The number of pyridine rings is 1. The highest BCUT2D eigenvalue weighted by atomic mass is 79.9. The zero-order valence-corrected chi connectivity index (χ0v) is 10.3. The Bertz CT molecular complexity index is 455. The summed E-state index contributed by atoms with van der Waals surface area (Å²) >= 11 is 6.85. The number of benzene rings is 1. The van der Waals surface area contributed by atoms with Gasteiger partial charge in [-0.15, -0.1) is 0 Å². The van der Waals surface area contributed by atoms with Crippen LogP contribution in [-0.2, 0) is 0 Å².